The molecule has 3 heterocycles. The van der Waals surface area contributed by atoms with Crippen molar-refractivity contribution in [2.24, 2.45) is 0 Å². The molecule has 4 rings (SSSR count). The van der Waals surface area contributed by atoms with Crippen molar-refractivity contribution in [2.75, 3.05) is 16.9 Å². The number of nitrogens with one attached hydrogen (secondary N) is 1. The Morgan fingerprint density at radius 1 is 1.36 bits per heavy atom. The quantitative estimate of drug-likeness (QED) is 0.363. The minimum absolute atomic E-state index is 0.146. The van der Waals surface area contributed by atoms with E-state index in [4.69, 9.17) is 5.84 Å². The predicted molar refractivity (Wildman–Crippen MR) is 113 cm³/mol. The molecule has 0 aromatic carbocycles. The minimum Gasteiger partial charge on any atom is -0.335 e. The molecule has 28 heavy (non-hydrogen) atoms. The summed E-state index contributed by atoms with van der Waals surface area (Å²) < 4.78 is 1.40. The van der Waals surface area contributed by atoms with Gasteiger partial charge in [0.2, 0.25) is 11.1 Å². The summed E-state index contributed by atoms with van der Waals surface area (Å²) in [7, 11) is 0. The molecular weight excluding hydrogens is 412 g/mol. The normalized spacial score (nSPS) is 13.5. The first kappa shape index (κ1) is 19.0. The molecule has 10 heteroatoms. The first-order valence-corrected chi connectivity index (χ1v) is 11.6. The van der Waals surface area contributed by atoms with Crippen molar-refractivity contribution in [3.63, 3.8) is 0 Å². The number of amides is 1. The van der Waals surface area contributed by atoms with Crippen LogP contribution in [0.25, 0.3) is 10.7 Å². The van der Waals surface area contributed by atoms with Crippen LogP contribution in [0.1, 0.15) is 35.3 Å². The zero-order valence-corrected chi connectivity index (χ0v) is 17.4. The number of hydrogen-bond acceptors (Lipinski definition) is 8. The van der Waals surface area contributed by atoms with Gasteiger partial charge in [0.25, 0.3) is 0 Å². The molecule has 3 N–H and O–H groups in total. The molecule has 7 nitrogen and oxygen atoms in total. The number of anilines is 1. The Morgan fingerprint density at radius 3 is 3.00 bits per heavy atom. The largest absolute Gasteiger partial charge is 0.335 e. The van der Waals surface area contributed by atoms with Crippen LogP contribution < -0.4 is 11.2 Å². The zero-order chi connectivity index (χ0) is 19.5. The molecule has 0 saturated carbocycles. The summed E-state index contributed by atoms with van der Waals surface area (Å²) in [5.41, 5.74) is 1.75. The van der Waals surface area contributed by atoms with Crippen molar-refractivity contribution in [1.82, 2.24) is 14.9 Å². The minimum atomic E-state index is -0.182. The number of carbonyl (C=O) groups excluding carboxylic acids is 1. The SMILES string of the molecule is N#Cc1c(NC(=O)CSc2nnc(-c3cccs3)n2N)sc2c1CCCCC2. The number of nitrogens with two attached hydrogens (primary N) is 1. The molecule has 1 amide bonds. The number of nitrogen functional groups attached to an aromatic ring is 1. The Balaban J connectivity index is 1.43. The van der Waals surface area contributed by atoms with Gasteiger partial charge in [-0.2, -0.15) is 5.26 Å². The Hall–Kier alpha value is -2.35. The van der Waals surface area contributed by atoms with Crippen LogP contribution >= 0.6 is 34.4 Å². The molecule has 0 unspecified atom stereocenters. The van der Waals surface area contributed by atoms with E-state index in [1.54, 1.807) is 0 Å². The molecule has 0 saturated heterocycles. The molecule has 0 aliphatic heterocycles. The lowest BCUT2D eigenvalue weighted by molar-refractivity contribution is -0.113. The van der Waals surface area contributed by atoms with E-state index in [1.807, 2.05) is 17.5 Å². The highest BCUT2D eigenvalue weighted by molar-refractivity contribution is 7.99. The number of carbonyl (C=O) groups is 1. The van der Waals surface area contributed by atoms with Gasteiger partial charge in [-0.3, -0.25) is 4.79 Å². The second-order valence-electron chi connectivity index (χ2n) is 6.37. The summed E-state index contributed by atoms with van der Waals surface area (Å²) in [5.74, 6) is 6.60. The summed E-state index contributed by atoms with van der Waals surface area (Å²) >= 11 is 4.29. The highest BCUT2D eigenvalue weighted by atomic mass is 32.2. The van der Waals surface area contributed by atoms with Gasteiger partial charge in [-0.05, 0) is 42.7 Å². The number of thiophene rings is 2. The molecule has 0 radical (unpaired) electrons. The fraction of sp³-hybridized carbons (Fsp3) is 0.333. The van der Waals surface area contributed by atoms with Crippen LogP contribution in [0, 0.1) is 11.3 Å². The lowest BCUT2D eigenvalue weighted by atomic mass is 10.1. The summed E-state index contributed by atoms with van der Waals surface area (Å²) in [5, 5.41) is 23.7. The average molecular weight is 431 g/mol. The van der Waals surface area contributed by atoms with E-state index in [1.165, 1.54) is 50.4 Å². The third kappa shape index (κ3) is 3.78. The number of nitrogens with zero attached hydrogens (tertiary/aromatic N) is 4. The van der Waals surface area contributed by atoms with E-state index in [9.17, 15) is 10.1 Å². The van der Waals surface area contributed by atoms with Crippen LogP contribution in [0.4, 0.5) is 5.00 Å². The number of aryl methyl sites for hydroxylation is 1. The van der Waals surface area contributed by atoms with E-state index >= 15 is 0 Å². The molecule has 0 atom stereocenters. The smallest absolute Gasteiger partial charge is 0.235 e. The monoisotopic (exact) mass is 430 g/mol. The van der Waals surface area contributed by atoms with Crippen molar-refractivity contribution < 1.29 is 4.79 Å². The van der Waals surface area contributed by atoms with E-state index in [0.717, 1.165) is 36.1 Å². The lowest BCUT2D eigenvalue weighted by Gasteiger charge is -2.04. The van der Waals surface area contributed by atoms with Gasteiger partial charge in [-0.1, -0.05) is 24.2 Å². The molecule has 1 aliphatic carbocycles. The van der Waals surface area contributed by atoms with Crippen LogP contribution in [0.3, 0.4) is 0 Å². The van der Waals surface area contributed by atoms with Gasteiger partial charge in [0, 0.05) is 4.88 Å². The van der Waals surface area contributed by atoms with Gasteiger partial charge in [0.15, 0.2) is 5.82 Å². The van der Waals surface area contributed by atoms with Crippen LogP contribution in [0.2, 0.25) is 0 Å². The van der Waals surface area contributed by atoms with E-state index in [0.29, 0.717) is 21.5 Å². The number of rotatable bonds is 5. The van der Waals surface area contributed by atoms with Crippen molar-refractivity contribution in [1.29, 1.82) is 5.26 Å². The Morgan fingerprint density at radius 2 is 2.21 bits per heavy atom. The molecule has 0 fully saturated rings. The maximum absolute atomic E-state index is 12.5. The standard InChI is InChI=1S/C18H18N6OS3/c19-9-12-11-5-2-1-3-6-13(11)28-17(12)21-15(25)10-27-18-23-22-16(24(18)20)14-7-4-8-26-14/h4,7-8H,1-3,5-6,10,20H2,(H,21,25). The molecule has 0 bridgehead atoms. The number of fused-ring (bicyclic) bond motifs is 1. The predicted octanol–water partition coefficient (Wildman–Crippen LogP) is 3.65. The molecule has 1 aliphatic rings. The number of thioether (sulfide) groups is 1. The average Bonchev–Trinajstić information content (AvgIpc) is 3.36. The van der Waals surface area contributed by atoms with Gasteiger partial charge < -0.3 is 11.2 Å². The van der Waals surface area contributed by atoms with E-state index in [2.05, 4.69) is 21.6 Å². The third-order valence-electron chi connectivity index (χ3n) is 4.52. The Bertz CT molecular complexity index is 1030. The maximum Gasteiger partial charge on any atom is 0.235 e. The maximum atomic E-state index is 12.5. The summed E-state index contributed by atoms with van der Waals surface area (Å²) in [6, 6.07) is 6.12. The van der Waals surface area contributed by atoms with Gasteiger partial charge in [0.05, 0.1) is 16.2 Å². The summed E-state index contributed by atoms with van der Waals surface area (Å²) in [4.78, 5) is 14.6. The lowest BCUT2D eigenvalue weighted by Crippen LogP contribution is -2.16. The Kier molecular flexibility index (Phi) is 5.66. The second kappa shape index (κ2) is 8.34. The fourth-order valence-corrected chi connectivity index (χ4v) is 5.81. The van der Waals surface area contributed by atoms with Gasteiger partial charge >= 0.3 is 0 Å². The molecular formula is C18H18N6OS3. The molecule has 3 aromatic heterocycles. The highest BCUT2D eigenvalue weighted by Gasteiger charge is 2.21. The van der Waals surface area contributed by atoms with Gasteiger partial charge in [-0.15, -0.1) is 32.9 Å². The van der Waals surface area contributed by atoms with Crippen molar-refractivity contribution in [3.8, 4) is 16.8 Å². The van der Waals surface area contributed by atoms with Crippen LogP contribution in [-0.2, 0) is 17.6 Å². The second-order valence-corrected chi connectivity index (χ2v) is 9.37. The number of nitriles is 1. The van der Waals surface area contributed by atoms with E-state index < -0.39 is 0 Å². The molecule has 144 valence electrons. The van der Waals surface area contributed by atoms with Crippen molar-refractivity contribution >= 4 is 45.3 Å². The fourth-order valence-electron chi connectivity index (χ4n) is 3.19. The summed E-state index contributed by atoms with van der Waals surface area (Å²) in [6.07, 6.45) is 5.33. The van der Waals surface area contributed by atoms with Gasteiger partial charge in [-0.25, -0.2) is 4.68 Å². The Labute approximate surface area is 174 Å². The van der Waals surface area contributed by atoms with Crippen LogP contribution in [-0.4, -0.2) is 26.5 Å². The highest BCUT2D eigenvalue weighted by Crippen LogP contribution is 2.37. The van der Waals surface area contributed by atoms with Gasteiger partial charge in [0.1, 0.15) is 11.1 Å². The van der Waals surface area contributed by atoms with E-state index in [-0.39, 0.29) is 11.7 Å². The first-order valence-electron chi connectivity index (χ1n) is 8.89. The number of hydrogen-bond donors (Lipinski definition) is 2. The number of aromatic nitrogens is 3. The van der Waals surface area contributed by atoms with Crippen molar-refractivity contribution in [2.45, 2.75) is 37.3 Å². The molecule has 0 spiro atoms. The summed E-state index contributed by atoms with van der Waals surface area (Å²) in [6.45, 7) is 0. The van der Waals surface area contributed by atoms with Crippen molar-refractivity contribution in [3.05, 3.63) is 33.5 Å². The topological polar surface area (TPSA) is 110 Å². The van der Waals surface area contributed by atoms with Crippen LogP contribution in [0.5, 0.6) is 0 Å². The van der Waals surface area contributed by atoms with Crippen LogP contribution in [0.15, 0.2) is 22.7 Å². The molecule has 3 aromatic rings. The third-order valence-corrected chi connectivity index (χ3v) is 7.54. The first-order chi connectivity index (χ1) is 13.7. The zero-order valence-electron chi connectivity index (χ0n) is 15.0.